The summed E-state index contributed by atoms with van der Waals surface area (Å²) in [5, 5.41) is 3.15. The number of ether oxygens (including phenoxy) is 3. The number of esters is 2. The smallest absolute Gasteiger partial charge is 0.349 e. The van der Waals surface area contributed by atoms with E-state index in [9.17, 15) is 9.59 Å². The molecule has 1 heterocycles. The zero-order valence-electron chi connectivity index (χ0n) is 18.6. The van der Waals surface area contributed by atoms with Crippen LogP contribution in [-0.2, 0) is 23.8 Å². The number of nitrogens with one attached hydrogen (secondary N) is 1. The molecule has 1 aliphatic carbocycles. The fourth-order valence-corrected chi connectivity index (χ4v) is 4.56. The molecule has 0 aromatic rings. The maximum absolute atomic E-state index is 12.5. The SMILES string of the molecule is C#CCOC(=O)[C@H](CC(C)C)NC1=C(Br)C(=O)O[C@@H]1O[C@@H]1C[C@H](C)CC[C@H]1C(C)C. The maximum atomic E-state index is 12.5. The van der Waals surface area contributed by atoms with E-state index in [1.165, 1.54) is 6.42 Å². The van der Waals surface area contributed by atoms with Crippen LogP contribution in [0.5, 0.6) is 0 Å². The van der Waals surface area contributed by atoms with Gasteiger partial charge in [-0.05, 0) is 58.9 Å². The molecule has 0 aromatic heterocycles. The van der Waals surface area contributed by atoms with Gasteiger partial charge in [-0.1, -0.05) is 47.0 Å². The van der Waals surface area contributed by atoms with Gasteiger partial charge in [0.1, 0.15) is 16.2 Å². The first-order chi connectivity index (χ1) is 14.1. The lowest BCUT2D eigenvalue weighted by Gasteiger charge is -2.38. The first-order valence-corrected chi connectivity index (χ1v) is 11.6. The Bertz CT molecular complexity index is 696. The van der Waals surface area contributed by atoms with E-state index >= 15 is 0 Å². The molecule has 0 bridgehead atoms. The van der Waals surface area contributed by atoms with Crippen molar-refractivity contribution in [2.24, 2.45) is 23.7 Å². The highest BCUT2D eigenvalue weighted by Crippen LogP contribution is 2.38. The highest BCUT2D eigenvalue weighted by Gasteiger charge is 2.41. The predicted octanol–water partition coefficient (Wildman–Crippen LogP) is 4.13. The Kier molecular flexibility index (Phi) is 9.24. The van der Waals surface area contributed by atoms with Crippen molar-refractivity contribution >= 4 is 27.9 Å². The minimum absolute atomic E-state index is 0.0151. The van der Waals surface area contributed by atoms with Crippen LogP contribution in [0.1, 0.15) is 60.3 Å². The van der Waals surface area contributed by atoms with Crippen LogP contribution in [0.25, 0.3) is 0 Å². The Morgan fingerprint density at radius 3 is 2.63 bits per heavy atom. The Morgan fingerprint density at radius 2 is 2.03 bits per heavy atom. The monoisotopic (exact) mass is 483 g/mol. The van der Waals surface area contributed by atoms with Gasteiger partial charge in [0.15, 0.2) is 6.61 Å². The molecule has 0 spiro atoms. The lowest BCUT2D eigenvalue weighted by Crippen LogP contribution is -2.44. The summed E-state index contributed by atoms with van der Waals surface area (Å²) in [6.07, 6.45) is 8.02. The second kappa shape index (κ2) is 11.2. The number of rotatable bonds is 9. The summed E-state index contributed by atoms with van der Waals surface area (Å²) in [5.74, 6) is 2.98. The van der Waals surface area contributed by atoms with Gasteiger partial charge in [-0.15, -0.1) is 6.42 Å². The van der Waals surface area contributed by atoms with Crippen molar-refractivity contribution in [3.8, 4) is 12.3 Å². The van der Waals surface area contributed by atoms with Gasteiger partial charge in [0, 0.05) is 0 Å². The van der Waals surface area contributed by atoms with Crippen molar-refractivity contribution in [1.29, 1.82) is 0 Å². The number of hydrogen-bond acceptors (Lipinski definition) is 6. The molecule has 0 saturated heterocycles. The van der Waals surface area contributed by atoms with Crippen LogP contribution in [0, 0.1) is 36.0 Å². The topological polar surface area (TPSA) is 73.9 Å². The van der Waals surface area contributed by atoms with Gasteiger partial charge in [-0.25, -0.2) is 9.59 Å². The summed E-state index contributed by atoms with van der Waals surface area (Å²) in [6.45, 7) is 10.5. The third-order valence-electron chi connectivity index (χ3n) is 5.74. The van der Waals surface area contributed by atoms with E-state index in [-0.39, 0.29) is 23.1 Å². The summed E-state index contributed by atoms with van der Waals surface area (Å²) in [7, 11) is 0. The Labute approximate surface area is 188 Å². The van der Waals surface area contributed by atoms with Crippen LogP contribution in [0.3, 0.4) is 0 Å². The van der Waals surface area contributed by atoms with E-state index in [4.69, 9.17) is 20.6 Å². The number of hydrogen-bond donors (Lipinski definition) is 1. The zero-order valence-corrected chi connectivity index (χ0v) is 20.2. The molecular weight excluding hydrogens is 450 g/mol. The van der Waals surface area contributed by atoms with E-state index in [1.807, 2.05) is 13.8 Å². The molecule has 1 saturated carbocycles. The Morgan fingerprint density at radius 1 is 1.33 bits per heavy atom. The minimum atomic E-state index is -0.876. The summed E-state index contributed by atoms with van der Waals surface area (Å²) < 4.78 is 17.2. The van der Waals surface area contributed by atoms with Gasteiger partial charge in [-0.2, -0.15) is 0 Å². The fourth-order valence-electron chi connectivity index (χ4n) is 4.17. The van der Waals surface area contributed by atoms with Crippen LogP contribution in [0.15, 0.2) is 10.2 Å². The highest BCUT2D eigenvalue weighted by molar-refractivity contribution is 9.12. The molecule has 2 aliphatic rings. The van der Waals surface area contributed by atoms with E-state index in [2.05, 4.69) is 47.9 Å². The lowest BCUT2D eigenvalue weighted by molar-refractivity contribution is -0.182. The van der Waals surface area contributed by atoms with Crippen LogP contribution in [-0.4, -0.2) is 37.0 Å². The van der Waals surface area contributed by atoms with Crippen LogP contribution >= 0.6 is 15.9 Å². The minimum Gasteiger partial charge on any atom is -0.451 e. The van der Waals surface area contributed by atoms with Crippen molar-refractivity contribution in [2.75, 3.05) is 6.61 Å². The van der Waals surface area contributed by atoms with Crippen LogP contribution in [0.2, 0.25) is 0 Å². The van der Waals surface area contributed by atoms with Gasteiger partial charge in [0.25, 0.3) is 0 Å². The van der Waals surface area contributed by atoms with Crippen molar-refractivity contribution in [3.63, 3.8) is 0 Å². The summed E-state index contributed by atoms with van der Waals surface area (Å²) >= 11 is 3.31. The Balaban J connectivity index is 2.19. The number of carbonyl (C=O) groups excluding carboxylic acids is 2. The Hall–Kier alpha value is -1.52. The molecule has 0 radical (unpaired) electrons. The average Bonchev–Trinajstić information content (AvgIpc) is 2.92. The van der Waals surface area contributed by atoms with Crippen molar-refractivity contribution in [1.82, 2.24) is 5.32 Å². The molecule has 2 rings (SSSR count). The number of halogens is 1. The molecule has 6 nitrogen and oxygen atoms in total. The second-order valence-electron chi connectivity index (χ2n) is 9.10. The lowest BCUT2D eigenvalue weighted by atomic mass is 9.75. The quantitative estimate of drug-likeness (QED) is 0.392. The molecule has 5 atom stereocenters. The van der Waals surface area contributed by atoms with Gasteiger partial charge in [0.05, 0.1) is 6.10 Å². The molecule has 7 heteroatoms. The van der Waals surface area contributed by atoms with E-state index in [0.29, 0.717) is 29.9 Å². The van der Waals surface area contributed by atoms with Gasteiger partial charge < -0.3 is 19.5 Å². The molecule has 168 valence electrons. The molecule has 0 amide bonds. The standard InChI is InChI=1S/C23H34BrNO5/c1-7-10-28-21(26)17(11-13(2)3)25-20-19(24)22(27)30-23(20)29-18-12-15(6)8-9-16(18)14(4)5/h1,13-18,23,25H,8-12H2,2-6H3/t15-,16+,17+,18-,23+/m1/s1. The molecule has 1 aliphatic heterocycles. The van der Waals surface area contributed by atoms with Crippen LogP contribution in [0.4, 0.5) is 0 Å². The molecule has 1 N–H and O–H groups in total. The molecule has 0 unspecified atom stereocenters. The van der Waals surface area contributed by atoms with E-state index in [0.717, 1.165) is 12.8 Å². The summed E-state index contributed by atoms with van der Waals surface area (Å²) in [6, 6.07) is -0.660. The van der Waals surface area contributed by atoms with Gasteiger partial charge >= 0.3 is 11.9 Å². The largest absolute Gasteiger partial charge is 0.451 e. The molecule has 30 heavy (non-hydrogen) atoms. The van der Waals surface area contributed by atoms with Crippen molar-refractivity contribution < 1.29 is 23.8 Å². The maximum Gasteiger partial charge on any atom is 0.349 e. The van der Waals surface area contributed by atoms with Crippen molar-refractivity contribution in [2.45, 2.75) is 78.7 Å². The number of terminal acetylenes is 1. The first-order valence-electron chi connectivity index (χ1n) is 10.8. The summed E-state index contributed by atoms with van der Waals surface area (Å²) in [4.78, 5) is 24.8. The molecular formula is C23H34BrNO5. The zero-order chi connectivity index (χ0) is 22.4. The third-order valence-corrected chi connectivity index (χ3v) is 6.50. The fraction of sp³-hybridized carbons (Fsp3) is 0.739. The normalized spacial score (nSPS) is 27.8. The average molecular weight is 484 g/mol. The predicted molar refractivity (Wildman–Crippen MR) is 118 cm³/mol. The highest BCUT2D eigenvalue weighted by atomic mass is 79.9. The number of cyclic esters (lactones) is 1. The third kappa shape index (κ3) is 6.49. The van der Waals surface area contributed by atoms with E-state index < -0.39 is 24.3 Å². The second-order valence-corrected chi connectivity index (χ2v) is 9.90. The van der Waals surface area contributed by atoms with Gasteiger partial charge in [-0.3, -0.25) is 0 Å². The van der Waals surface area contributed by atoms with Gasteiger partial charge in [0.2, 0.25) is 6.29 Å². The summed E-state index contributed by atoms with van der Waals surface area (Å²) in [5.41, 5.74) is 0.434. The first kappa shape index (κ1) is 24.7. The molecule has 1 fully saturated rings. The van der Waals surface area contributed by atoms with Crippen molar-refractivity contribution in [3.05, 3.63) is 10.2 Å². The number of carbonyl (C=O) groups is 2. The van der Waals surface area contributed by atoms with Crippen LogP contribution < -0.4 is 5.32 Å². The van der Waals surface area contributed by atoms with E-state index in [1.54, 1.807) is 0 Å². The molecule has 0 aromatic carbocycles.